The number of hydrogen-bond donors (Lipinski definition) is 1. The topological polar surface area (TPSA) is 71.0 Å². The lowest BCUT2D eigenvalue weighted by Crippen LogP contribution is -2.32. The standard InChI is InChI=1S/C22H21F3N4O2S/c23-22(24,25)15-4-2-14(3-5-15)21-10-16(21)11-28(13-21)7-1-8-29-12-17(18(30)27-20(29)31)19-26-6-9-32-19/h2-6,9,12,16H,1,7-8,10-11,13H2,(H,27,30,31)/t16-,21+/m0/s1. The van der Waals surface area contributed by atoms with Crippen molar-refractivity contribution in [3.05, 3.63) is 74.0 Å². The first-order valence-electron chi connectivity index (χ1n) is 10.4. The van der Waals surface area contributed by atoms with Crippen LogP contribution in [0.1, 0.15) is 24.0 Å². The van der Waals surface area contributed by atoms with Crippen LogP contribution in [0.25, 0.3) is 10.6 Å². The maximum Gasteiger partial charge on any atom is 0.416 e. The van der Waals surface area contributed by atoms with Crippen molar-refractivity contribution in [1.29, 1.82) is 0 Å². The van der Waals surface area contributed by atoms with E-state index in [2.05, 4.69) is 14.9 Å². The van der Waals surface area contributed by atoms with Gasteiger partial charge in [0.1, 0.15) is 5.01 Å². The van der Waals surface area contributed by atoms with Crippen LogP contribution in [-0.2, 0) is 18.1 Å². The zero-order chi connectivity index (χ0) is 22.5. The molecule has 1 saturated heterocycles. The van der Waals surface area contributed by atoms with Crippen molar-refractivity contribution < 1.29 is 13.2 Å². The van der Waals surface area contributed by atoms with E-state index < -0.39 is 23.0 Å². The first kappa shape index (κ1) is 21.1. The summed E-state index contributed by atoms with van der Waals surface area (Å²) in [5, 5.41) is 2.34. The summed E-state index contributed by atoms with van der Waals surface area (Å²) in [5.41, 5.74) is -0.198. The van der Waals surface area contributed by atoms with Gasteiger partial charge in [-0.1, -0.05) is 12.1 Å². The van der Waals surface area contributed by atoms with Crippen molar-refractivity contribution >= 4 is 11.3 Å². The van der Waals surface area contributed by atoms with Gasteiger partial charge in [-0.2, -0.15) is 13.2 Å². The van der Waals surface area contributed by atoms with Crippen LogP contribution in [0.2, 0.25) is 0 Å². The molecule has 2 fully saturated rings. The highest BCUT2D eigenvalue weighted by Gasteiger charge is 2.60. The van der Waals surface area contributed by atoms with E-state index in [0.717, 1.165) is 38.0 Å². The molecule has 6 nitrogen and oxygen atoms in total. The second kappa shape index (κ2) is 7.70. The van der Waals surface area contributed by atoms with Gasteiger partial charge in [0.05, 0.1) is 11.1 Å². The molecule has 10 heteroatoms. The Morgan fingerprint density at radius 2 is 1.97 bits per heavy atom. The number of halogens is 3. The number of rotatable bonds is 6. The summed E-state index contributed by atoms with van der Waals surface area (Å²) < 4.78 is 40.0. The Kier molecular flexibility index (Phi) is 5.09. The molecule has 32 heavy (non-hydrogen) atoms. The maximum atomic E-state index is 12.8. The Hall–Kier alpha value is -2.72. The number of aryl methyl sites for hydroxylation is 1. The van der Waals surface area contributed by atoms with Crippen LogP contribution in [0.3, 0.4) is 0 Å². The van der Waals surface area contributed by atoms with Gasteiger partial charge in [0.2, 0.25) is 0 Å². The number of aromatic nitrogens is 3. The fourth-order valence-corrected chi connectivity index (χ4v) is 5.49. The number of nitrogens with zero attached hydrogens (tertiary/aromatic N) is 3. The summed E-state index contributed by atoms with van der Waals surface area (Å²) in [5.74, 6) is 0.464. The predicted octanol–water partition coefficient (Wildman–Crippen LogP) is 3.34. The molecule has 0 amide bonds. The van der Waals surface area contributed by atoms with Crippen LogP contribution in [0.5, 0.6) is 0 Å². The van der Waals surface area contributed by atoms with Crippen molar-refractivity contribution in [3.63, 3.8) is 0 Å². The monoisotopic (exact) mass is 462 g/mol. The average Bonchev–Trinajstić information content (AvgIpc) is 3.08. The Balaban J connectivity index is 1.21. The van der Waals surface area contributed by atoms with E-state index in [9.17, 15) is 22.8 Å². The van der Waals surface area contributed by atoms with Gasteiger partial charge in [-0.05, 0) is 43.0 Å². The highest BCUT2D eigenvalue weighted by atomic mass is 32.1. The molecule has 0 spiro atoms. The van der Waals surface area contributed by atoms with E-state index in [0.29, 0.717) is 23.0 Å². The number of fused-ring (bicyclic) bond motifs is 1. The van der Waals surface area contributed by atoms with Crippen LogP contribution in [-0.4, -0.2) is 39.1 Å². The van der Waals surface area contributed by atoms with Gasteiger partial charge >= 0.3 is 11.9 Å². The fourth-order valence-electron chi connectivity index (χ4n) is 4.84. The molecule has 168 valence electrons. The highest BCUT2D eigenvalue weighted by Crippen LogP contribution is 2.59. The lowest BCUT2D eigenvalue weighted by atomic mass is 9.94. The number of piperidine rings is 1. The van der Waals surface area contributed by atoms with Gasteiger partial charge in [-0.15, -0.1) is 11.3 Å². The first-order chi connectivity index (χ1) is 15.3. The molecule has 3 aromatic rings. The molecule has 0 radical (unpaired) electrons. The SMILES string of the molecule is O=c1[nH]c(=O)n(CCCN2C[C@@H]3C[C@]3(c3ccc(C(F)(F)F)cc3)C2)cc1-c1nccs1. The largest absolute Gasteiger partial charge is 0.416 e. The number of thiazole rings is 1. The van der Waals surface area contributed by atoms with Crippen LogP contribution < -0.4 is 11.2 Å². The molecule has 2 aliphatic rings. The van der Waals surface area contributed by atoms with Crippen LogP contribution >= 0.6 is 11.3 Å². The van der Waals surface area contributed by atoms with Gasteiger partial charge in [-0.25, -0.2) is 9.78 Å². The molecule has 5 rings (SSSR count). The molecule has 1 N–H and O–H groups in total. The third kappa shape index (κ3) is 3.81. The van der Waals surface area contributed by atoms with Gasteiger partial charge in [0, 0.05) is 42.8 Å². The third-order valence-electron chi connectivity index (χ3n) is 6.55. The van der Waals surface area contributed by atoms with E-state index in [-0.39, 0.29) is 5.41 Å². The predicted molar refractivity (Wildman–Crippen MR) is 115 cm³/mol. The fraction of sp³-hybridized carbons (Fsp3) is 0.409. The van der Waals surface area contributed by atoms with Crippen LogP contribution in [0, 0.1) is 5.92 Å². The number of H-pyrrole nitrogens is 1. The minimum absolute atomic E-state index is 0.0447. The number of nitrogens with one attached hydrogen (secondary N) is 1. The first-order valence-corrected chi connectivity index (χ1v) is 11.3. The van der Waals surface area contributed by atoms with E-state index in [1.807, 2.05) is 0 Å². The van der Waals surface area contributed by atoms with E-state index in [1.165, 1.54) is 28.0 Å². The molecule has 3 heterocycles. The lowest BCUT2D eigenvalue weighted by molar-refractivity contribution is -0.137. The van der Waals surface area contributed by atoms with E-state index >= 15 is 0 Å². The minimum Gasteiger partial charge on any atom is -0.302 e. The molecule has 0 bridgehead atoms. The molecule has 1 saturated carbocycles. The van der Waals surface area contributed by atoms with Gasteiger partial charge in [0.15, 0.2) is 0 Å². The zero-order valence-corrected chi connectivity index (χ0v) is 17.9. The third-order valence-corrected chi connectivity index (χ3v) is 7.36. The van der Waals surface area contributed by atoms with E-state index in [1.54, 1.807) is 29.9 Å². The summed E-state index contributed by atoms with van der Waals surface area (Å²) >= 11 is 1.34. The second-order valence-electron chi connectivity index (χ2n) is 8.55. The molecule has 2 aromatic heterocycles. The number of benzene rings is 1. The molecule has 1 aliphatic carbocycles. The van der Waals surface area contributed by atoms with Gasteiger partial charge in [-0.3, -0.25) is 14.3 Å². The highest BCUT2D eigenvalue weighted by molar-refractivity contribution is 7.13. The Morgan fingerprint density at radius 3 is 2.66 bits per heavy atom. The van der Waals surface area contributed by atoms with Gasteiger partial charge in [0.25, 0.3) is 5.56 Å². The Labute approximate surface area is 185 Å². The normalized spacial score (nSPS) is 22.8. The van der Waals surface area contributed by atoms with Crippen molar-refractivity contribution in [2.24, 2.45) is 5.92 Å². The van der Waals surface area contributed by atoms with Gasteiger partial charge < -0.3 is 4.90 Å². The molecule has 1 aromatic carbocycles. The number of aromatic amines is 1. The van der Waals surface area contributed by atoms with Crippen molar-refractivity contribution in [1.82, 2.24) is 19.4 Å². The average molecular weight is 462 g/mol. The summed E-state index contributed by atoms with van der Waals surface area (Å²) in [7, 11) is 0. The molecular formula is C22H21F3N4O2S. The number of hydrogen-bond acceptors (Lipinski definition) is 5. The van der Waals surface area contributed by atoms with Crippen molar-refractivity contribution in [2.75, 3.05) is 19.6 Å². The summed E-state index contributed by atoms with van der Waals surface area (Å²) in [4.78, 5) is 33.1. The molecule has 1 aliphatic heterocycles. The zero-order valence-electron chi connectivity index (χ0n) is 17.1. The Morgan fingerprint density at radius 1 is 1.19 bits per heavy atom. The van der Waals surface area contributed by atoms with E-state index in [4.69, 9.17) is 0 Å². The molecule has 2 atom stereocenters. The van der Waals surface area contributed by atoms with Crippen LogP contribution in [0.15, 0.2) is 51.6 Å². The number of alkyl halides is 3. The molecular weight excluding hydrogens is 441 g/mol. The van der Waals surface area contributed by atoms with Crippen molar-refractivity contribution in [2.45, 2.75) is 31.0 Å². The molecule has 0 unspecified atom stereocenters. The summed E-state index contributed by atoms with van der Waals surface area (Å²) in [6.45, 7) is 2.96. The smallest absolute Gasteiger partial charge is 0.302 e. The summed E-state index contributed by atoms with van der Waals surface area (Å²) in [6.07, 6.45) is 0.579. The maximum absolute atomic E-state index is 12.8. The number of likely N-dealkylation sites (tertiary alicyclic amines) is 1. The minimum atomic E-state index is -4.32. The van der Waals surface area contributed by atoms with Crippen molar-refractivity contribution in [3.8, 4) is 10.6 Å². The quantitative estimate of drug-likeness (QED) is 0.610. The lowest BCUT2D eigenvalue weighted by Gasteiger charge is -2.21. The summed E-state index contributed by atoms with van der Waals surface area (Å²) in [6, 6.07) is 5.58. The van der Waals surface area contributed by atoms with Crippen LogP contribution in [0.4, 0.5) is 13.2 Å². The second-order valence-corrected chi connectivity index (χ2v) is 9.45. The Bertz CT molecular complexity index is 1230.